The van der Waals surface area contributed by atoms with Crippen LogP contribution in [-0.2, 0) is 6.54 Å². The van der Waals surface area contributed by atoms with Crippen molar-refractivity contribution in [2.45, 2.75) is 6.54 Å². The summed E-state index contributed by atoms with van der Waals surface area (Å²) in [4.78, 5) is 17.2. The smallest absolute Gasteiger partial charge is 0.282 e. The lowest BCUT2D eigenvalue weighted by Crippen LogP contribution is -2.18. The third-order valence-corrected chi connectivity index (χ3v) is 5.59. The summed E-state index contributed by atoms with van der Waals surface area (Å²) in [6.07, 6.45) is 2.03. The van der Waals surface area contributed by atoms with E-state index in [1.807, 2.05) is 29.0 Å². The van der Waals surface area contributed by atoms with Crippen molar-refractivity contribution in [3.05, 3.63) is 63.1 Å². The standard InChI is InChI=1S/C17H14BrFN2OS2/c1-23-9-8-21-14-7-6-11(18)10-15(14)24-17(21)20-16(22)12-4-2-3-5-13(12)19/h2-7,10H,8-9H2,1H3. The Kier molecular flexibility index (Phi) is 5.53. The summed E-state index contributed by atoms with van der Waals surface area (Å²) < 4.78 is 17.8. The summed E-state index contributed by atoms with van der Waals surface area (Å²) in [6.45, 7) is 0.742. The molecule has 0 spiro atoms. The lowest BCUT2D eigenvalue weighted by Gasteiger charge is -2.04. The zero-order valence-corrected chi connectivity index (χ0v) is 16.0. The molecule has 7 heteroatoms. The van der Waals surface area contributed by atoms with Gasteiger partial charge in [-0.3, -0.25) is 4.79 Å². The van der Waals surface area contributed by atoms with E-state index < -0.39 is 11.7 Å². The van der Waals surface area contributed by atoms with E-state index in [0.717, 1.165) is 27.0 Å². The SMILES string of the molecule is CSCCn1c(=NC(=O)c2ccccc2F)sc2cc(Br)ccc21. The molecule has 0 aliphatic rings. The van der Waals surface area contributed by atoms with E-state index in [1.54, 1.807) is 23.9 Å². The molecule has 0 unspecified atom stereocenters. The van der Waals surface area contributed by atoms with Gasteiger partial charge in [-0.15, -0.1) is 0 Å². The fourth-order valence-electron chi connectivity index (χ4n) is 2.31. The Labute approximate surface area is 155 Å². The highest BCUT2D eigenvalue weighted by Gasteiger charge is 2.12. The molecule has 0 radical (unpaired) electrons. The van der Waals surface area contributed by atoms with Crippen LogP contribution in [0, 0.1) is 5.82 Å². The largest absolute Gasteiger partial charge is 0.316 e. The normalized spacial score (nSPS) is 12.0. The highest BCUT2D eigenvalue weighted by Crippen LogP contribution is 2.22. The molecule has 24 heavy (non-hydrogen) atoms. The Morgan fingerprint density at radius 2 is 2.12 bits per heavy atom. The maximum absolute atomic E-state index is 13.8. The van der Waals surface area contributed by atoms with Crippen LogP contribution in [0.2, 0.25) is 0 Å². The van der Waals surface area contributed by atoms with Gasteiger partial charge < -0.3 is 4.57 Å². The Hall–Kier alpha value is -1.44. The van der Waals surface area contributed by atoms with Gasteiger partial charge in [-0.2, -0.15) is 16.8 Å². The molecule has 3 rings (SSSR count). The number of carbonyl (C=O) groups excluding carboxylic acids is 1. The van der Waals surface area contributed by atoms with Gasteiger partial charge in [0.2, 0.25) is 0 Å². The minimum absolute atomic E-state index is 0.00690. The van der Waals surface area contributed by atoms with Gasteiger partial charge in [-0.05, 0) is 36.6 Å². The van der Waals surface area contributed by atoms with Gasteiger partial charge in [0.1, 0.15) is 5.82 Å². The summed E-state index contributed by atoms with van der Waals surface area (Å²) in [5.74, 6) is -0.203. The first-order chi connectivity index (χ1) is 11.6. The molecular weight excluding hydrogens is 411 g/mol. The van der Waals surface area contributed by atoms with Crippen LogP contribution in [-0.4, -0.2) is 22.5 Å². The third kappa shape index (κ3) is 3.63. The lowest BCUT2D eigenvalue weighted by atomic mass is 10.2. The molecule has 3 aromatic rings. The number of hydrogen-bond donors (Lipinski definition) is 0. The minimum Gasteiger partial charge on any atom is -0.316 e. The van der Waals surface area contributed by atoms with Gasteiger partial charge in [0.05, 0.1) is 15.8 Å². The molecule has 1 aromatic heterocycles. The van der Waals surface area contributed by atoms with Crippen LogP contribution in [0.25, 0.3) is 10.2 Å². The van der Waals surface area contributed by atoms with Gasteiger partial charge in [0.25, 0.3) is 5.91 Å². The number of hydrogen-bond acceptors (Lipinski definition) is 3. The highest BCUT2D eigenvalue weighted by atomic mass is 79.9. The number of nitrogens with zero attached hydrogens (tertiary/aromatic N) is 2. The molecule has 0 aliphatic carbocycles. The van der Waals surface area contributed by atoms with Crippen molar-refractivity contribution in [2.24, 2.45) is 4.99 Å². The highest BCUT2D eigenvalue weighted by molar-refractivity contribution is 9.10. The van der Waals surface area contributed by atoms with Crippen LogP contribution in [0.5, 0.6) is 0 Å². The third-order valence-electron chi connectivity index (χ3n) is 3.47. The lowest BCUT2D eigenvalue weighted by molar-refractivity contribution is 0.0994. The summed E-state index contributed by atoms with van der Waals surface area (Å²) in [6, 6.07) is 11.9. The minimum atomic E-state index is -0.559. The molecule has 2 aromatic carbocycles. The Morgan fingerprint density at radius 1 is 1.33 bits per heavy atom. The van der Waals surface area contributed by atoms with Gasteiger partial charge in [-0.25, -0.2) is 4.39 Å². The van der Waals surface area contributed by atoms with E-state index in [-0.39, 0.29) is 5.56 Å². The second-order valence-electron chi connectivity index (χ2n) is 5.04. The summed E-state index contributed by atoms with van der Waals surface area (Å²) in [5.41, 5.74) is 1.02. The van der Waals surface area contributed by atoms with Gasteiger partial charge in [0, 0.05) is 16.8 Å². The number of carbonyl (C=O) groups is 1. The number of benzene rings is 2. The predicted octanol–water partition coefficient (Wildman–Crippen LogP) is 4.71. The first kappa shape index (κ1) is 17.4. The van der Waals surface area contributed by atoms with Crippen LogP contribution < -0.4 is 4.80 Å². The van der Waals surface area contributed by atoms with Crippen LogP contribution in [0.15, 0.2) is 51.9 Å². The molecule has 124 valence electrons. The average Bonchev–Trinajstić information content (AvgIpc) is 2.89. The second kappa shape index (κ2) is 7.63. The maximum atomic E-state index is 13.8. The Balaban J connectivity index is 2.13. The number of rotatable bonds is 4. The zero-order chi connectivity index (χ0) is 17.1. The molecule has 0 fully saturated rings. The molecule has 0 saturated carbocycles. The van der Waals surface area contributed by atoms with Crippen LogP contribution in [0.4, 0.5) is 4.39 Å². The van der Waals surface area contributed by atoms with E-state index in [2.05, 4.69) is 20.9 Å². The number of halogens is 2. The number of aromatic nitrogens is 1. The summed E-state index contributed by atoms with van der Waals surface area (Å²) in [5, 5.41) is 0. The van der Waals surface area contributed by atoms with Gasteiger partial charge >= 0.3 is 0 Å². The second-order valence-corrected chi connectivity index (χ2v) is 7.95. The van der Waals surface area contributed by atoms with E-state index in [9.17, 15) is 9.18 Å². The maximum Gasteiger partial charge on any atom is 0.282 e. The van der Waals surface area contributed by atoms with Crippen molar-refractivity contribution in [2.75, 3.05) is 12.0 Å². The van der Waals surface area contributed by atoms with E-state index in [0.29, 0.717) is 4.80 Å². The first-order valence-electron chi connectivity index (χ1n) is 7.21. The number of aryl methyl sites for hydroxylation is 1. The van der Waals surface area contributed by atoms with Crippen LogP contribution in [0.1, 0.15) is 10.4 Å². The topological polar surface area (TPSA) is 34.4 Å². The Bertz CT molecular complexity index is 965. The van der Waals surface area contributed by atoms with Crippen molar-refractivity contribution in [1.82, 2.24) is 4.57 Å². The Morgan fingerprint density at radius 3 is 2.88 bits per heavy atom. The molecule has 0 aliphatic heterocycles. The van der Waals surface area contributed by atoms with Gasteiger partial charge in [-0.1, -0.05) is 39.4 Å². The van der Waals surface area contributed by atoms with Crippen molar-refractivity contribution < 1.29 is 9.18 Å². The fraction of sp³-hybridized carbons (Fsp3) is 0.176. The van der Waals surface area contributed by atoms with E-state index >= 15 is 0 Å². The number of thiazole rings is 1. The average molecular weight is 425 g/mol. The summed E-state index contributed by atoms with van der Waals surface area (Å²) >= 11 is 6.62. The van der Waals surface area contributed by atoms with Crippen LogP contribution in [0.3, 0.4) is 0 Å². The van der Waals surface area contributed by atoms with Crippen molar-refractivity contribution in [3.8, 4) is 0 Å². The number of amides is 1. The monoisotopic (exact) mass is 424 g/mol. The zero-order valence-electron chi connectivity index (χ0n) is 12.8. The molecule has 0 atom stereocenters. The predicted molar refractivity (Wildman–Crippen MR) is 102 cm³/mol. The number of thioether (sulfide) groups is 1. The molecule has 1 heterocycles. The molecule has 0 bridgehead atoms. The quantitative estimate of drug-likeness (QED) is 0.607. The summed E-state index contributed by atoms with van der Waals surface area (Å²) in [7, 11) is 0. The van der Waals surface area contributed by atoms with E-state index in [1.165, 1.54) is 23.5 Å². The van der Waals surface area contributed by atoms with E-state index in [4.69, 9.17) is 0 Å². The van der Waals surface area contributed by atoms with Crippen molar-refractivity contribution >= 4 is 55.2 Å². The molecule has 3 nitrogen and oxygen atoms in total. The van der Waals surface area contributed by atoms with Crippen molar-refractivity contribution in [3.63, 3.8) is 0 Å². The molecule has 0 N–H and O–H groups in total. The molecule has 1 amide bonds. The molecule has 0 saturated heterocycles. The number of fused-ring (bicyclic) bond motifs is 1. The van der Waals surface area contributed by atoms with Gasteiger partial charge in [0.15, 0.2) is 4.80 Å². The first-order valence-corrected chi connectivity index (χ1v) is 10.2. The molecular formula is C17H14BrFN2OS2. The fourth-order valence-corrected chi connectivity index (χ4v) is 4.28. The van der Waals surface area contributed by atoms with Crippen molar-refractivity contribution in [1.29, 1.82) is 0 Å². The van der Waals surface area contributed by atoms with Crippen LogP contribution >= 0.6 is 39.0 Å².